The molecule has 5 aromatic rings. The topological polar surface area (TPSA) is 128 Å². The van der Waals surface area contributed by atoms with Crippen LogP contribution in [0, 0.1) is 6.92 Å². The Morgan fingerprint density at radius 2 is 2.00 bits per heavy atom. The summed E-state index contributed by atoms with van der Waals surface area (Å²) < 4.78 is 13.5. The van der Waals surface area contributed by atoms with E-state index < -0.39 is 11.5 Å². The number of rotatable bonds is 10. The number of para-hydroxylation sites is 1. The molecule has 2 aliphatic rings. The molecule has 1 aliphatic heterocycles. The Bertz CT molecular complexity index is 1880. The Morgan fingerprint density at radius 1 is 1.13 bits per heavy atom. The van der Waals surface area contributed by atoms with E-state index >= 15 is 0 Å². The van der Waals surface area contributed by atoms with E-state index in [4.69, 9.17) is 14.5 Å². The lowest BCUT2D eigenvalue weighted by Crippen LogP contribution is -2.35. The first-order valence-electron chi connectivity index (χ1n) is 15.1. The molecular weight excluding hydrogens is 590 g/mol. The van der Waals surface area contributed by atoms with Gasteiger partial charge >= 0.3 is 5.97 Å². The van der Waals surface area contributed by atoms with Crippen molar-refractivity contribution in [3.8, 4) is 11.4 Å². The minimum atomic E-state index is -1.11. The molecule has 11 heteroatoms. The molecule has 4 heterocycles. The van der Waals surface area contributed by atoms with Gasteiger partial charge in [-0.3, -0.25) is 4.79 Å². The molecule has 1 saturated heterocycles. The molecule has 1 aliphatic carbocycles. The van der Waals surface area contributed by atoms with Crippen molar-refractivity contribution in [3.05, 3.63) is 99.1 Å². The number of nitrogens with one attached hydrogen (secondary N) is 1. The average Bonchev–Trinajstić information content (AvgIpc) is 3.42. The maximum Gasteiger partial charge on any atom is 0.356 e. The van der Waals surface area contributed by atoms with Crippen molar-refractivity contribution >= 4 is 34.1 Å². The summed E-state index contributed by atoms with van der Waals surface area (Å²) in [7, 11) is 0. The zero-order chi connectivity index (χ0) is 31.0. The van der Waals surface area contributed by atoms with Gasteiger partial charge in [-0.15, -0.1) is 11.3 Å². The summed E-state index contributed by atoms with van der Waals surface area (Å²) in [5.41, 5.74) is 7.43. The number of benzene rings is 2. The molecule has 45 heavy (non-hydrogen) atoms. The Labute approximate surface area is 264 Å². The highest BCUT2D eigenvalue weighted by Crippen LogP contribution is 2.49. The standard InChI is InChI=1S/C34H33N5O5S/c1-21-14-22(17-43-18-23-19-45-20-35-23)9-10-24(21)32(40)37-34(11-12-34)26-15-28(36-27-7-3-2-6-25(26)27)30-16-29(33(41)42)38-39(30)31-8-4-5-13-44-31/h2-3,6-7,9-10,14-16,19-20,31H,4-5,8,11-13,17-18H2,1H3,(H,37,40)(H,41,42). The van der Waals surface area contributed by atoms with Crippen LogP contribution in [0.15, 0.2) is 65.5 Å². The van der Waals surface area contributed by atoms with Crippen molar-refractivity contribution in [2.75, 3.05) is 6.61 Å². The number of carboxylic acid groups (broad SMARTS) is 1. The lowest BCUT2D eigenvalue weighted by molar-refractivity contribution is -0.0385. The van der Waals surface area contributed by atoms with Crippen LogP contribution in [0.4, 0.5) is 0 Å². The number of aryl methyl sites for hydroxylation is 1. The molecule has 10 nitrogen and oxygen atoms in total. The lowest BCUT2D eigenvalue weighted by atomic mass is 9.96. The summed E-state index contributed by atoms with van der Waals surface area (Å²) in [5.74, 6) is -1.25. The van der Waals surface area contributed by atoms with E-state index in [1.807, 2.05) is 60.8 Å². The molecule has 1 amide bonds. The fraction of sp³-hybridized carbons (Fsp3) is 0.324. The molecule has 0 radical (unpaired) electrons. The largest absolute Gasteiger partial charge is 0.476 e. The number of hydrogen-bond donors (Lipinski definition) is 2. The van der Waals surface area contributed by atoms with Crippen LogP contribution in [0.25, 0.3) is 22.3 Å². The van der Waals surface area contributed by atoms with E-state index in [2.05, 4.69) is 15.4 Å². The number of hydrogen-bond acceptors (Lipinski definition) is 8. The van der Waals surface area contributed by atoms with Gasteiger partial charge in [-0.1, -0.05) is 30.3 Å². The summed E-state index contributed by atoms with van der Waals surface area (Å²) in [6.07, 6.45) is 3.86. The Kier molecular flexibility index (Phi) is 7.90. The molecule has 230 valence electrons. The number of carbonyl (C=O) groups is 2. The number of pyridine rings is 1. The Morgan fingerprint density at radius 3 is 2.73 bits per heavy atom. The first-order valence-corrected chi connectivity index (χ1v) is 16.1. The van der Waals surface area contributed by atoms with Crippen LogP contribution in [-0.4, -0.2) is 43.3 Å². The van der Waals surface area contributed by atoms with Crippen molar-refractivity contribution in [2.45, 2.75) is 64.0 Å². The van der Waals surface area contributed by atoms with Crippen molar-refractivity contribution in [3.63, 3.8) is 0 Å². The SMILES string of the molecule is Cc1cc(COCc2cscn2)ccc1C(=O)NC1(c2cc(-c3cc(C(=O)O)nn3C3CCCCO3)nc3ccccc23)CC1. The van der Waals surface area contributed by atoms with Gasteiger partial charge in [-0.05, 0) is 73.9 Å². The van der Waals surface area contributed by atoms with Crippen LogP contribution in [0.1, 0.15) is 81.6 Å². The number of amides is 1. The highest BCUT2D eigenvalue weighted by Gasteiger charge is 2.47. The average molecular weight is 624 g/mol. The molecular formula is C34H33N5O5S. The molecule has 2 aromatic carbocycles. The monoisotopic (exact) mass is 623 g/mol. The number of fused-ring (bicyclic) bond motifs is 1. The molecule has 7 rings (SSSR count). The van der Waals surface area contributed by atoms with Crippen molar-refractivity contribution in [1.29, 1.82) is 0 Å². The van der Waals surface area contributed by atoms with Crippen LogP contribution in [0.2, 0.25) is 0 Å². The van der Waals surface area contributed by atoms with E-state index in [1.165, 1.54) is 0 Å². The predicted molar refractivity (Wildman–Crippen MR) is 169 cm³/mol. The van der Waals surface area contributed by atoms with Crippen molar-refractivity contribution < 1.29 is 24.2 Å². The Balaban J connectivity index is 1.18. The fourth-order valence-corrected chi connectivity index (χ4v) is 6.60. The second kappa shape index (κ2) is 12.2. The molecule has 0 spiro atoms. The van der Waals surface area contributed by atoms with E-state index in [9.17, 15) is 14.7 Å². The van der Waals surface area contributed by atoms with Crippen molar-refractivity contribution in [2.24, 2.45) is 0 Å². The van der Waals surface area contributed by atoms with Gasteiger partial charge < -0.3 is 19.9 Å². The van der Waals surface area contributed by atoms with Gasteiger partial charge in [-0.25, -0.2) is 19.4 Å². The summed E-state index contributed by atoms with van der Waals surface area (Å²) >= 11 is 1.54. The zero-order valence-corrected chi connectivity index (χ0v) is 25.7. The molecule has 0 bridgehead atoms. The Hall–Kier alpha value is -4.45. The summed E-state index contributed by atoms with van der Waals surface area (Å²) in [4.78, 5) is 34.9. The van der Waals surface area contributed by atoms with E-state index in [0.29, 0.717) is 36.8 Å². The number of carboxylic acids is 1. The second-order valence-electron chi connectivity index (χ2n) is 11.7. The summed E-state index contributed by atoms with van der Waals surface area (Å²) in [5, 5.41) is 20.4. The highest BCUT2D eigenvalue weighted by molar-refractivity contribution is 7.07. The van der Waals surface area contributed by atoms with Gasteiger partial charge in [0.25, 0.3) is 5.91 Å². The normalized spacial score (nSPS) is 17.3. The summed E-state index contributed by atoms with van der Waals surface area (Å²) in [6.45, 7) is 3.41. The number of aromatic nitrogens is 4. The van der Waals surface area contributed by atoms with Crippen LogP contribution in [-0.2, 0) is 28.2 Å². The van der Waals surface area contributed by atoms with Gasteiger partial charge in [-0.2, -0.15) is 5.10 Å². The van der Waals surface area contributed by atoms with Crippen LogP contribution < -0.4 is 5.32 Å². The predicted octanol–water partition coefficient (Wildman–Crippen LogP) is 6.40. The number of carbonyl (C=O) groups excluding carboxylic acids is 1. The quantitative estimate of drug-likeness (QED) is 0.183. The first-order chi connectivity index (χ1) is 21.9. The van der Waals surface area contributed by atoms with Gasteiger partial charge in [0, 0.05) is 29.0 Å². The van der Waals surface area contributed by atoms with Crippen LogP contribution >= 0.6 is 11.3 Å². The maximum absolute atomic E-state index is 13.7. The molecule has 2 N–H and O–H groups in total. The molecule has 3 aromatic heterocycles. The third kappa shape index (κ3) is 5.98. The molecule has 1 saturated carbocycles. The maximum atomic E-state index is 13.7. The second-order valence-corrected chi connectivity index (χ2v) is 12.4. The number of aromatic carboxylic acids is 1. The minimum absolute atomic E-state index is 0.0578. The zero-order valence-electron chi connectivity index (χ0n) is 24.9. The molecule has 1 atom stereocenters. The van der Waals surface area contributed by atoms with E-state index in [0.717, 1.165) is 65.4 Å². The number of thiazole rings is 1. The molecule has 1 unspecified atom stereocenters. The van der Waals surface area contributed by atoms with E-state index in [-0.39, 0.29) is 17.8 Å². The van der Waals surface area contributed by atoms with Gasteiger partial charge in [0.1, 0.15) is 0 Å². The lowest BCUT2D eigenvalue weighted by Gasteiger charge is -2.25. The minimum Gasteiger partial charge on any atom is -0.476 e. The third-order valence-corrected chi connectivity index (χ3v) is 9.15. The molecule has 2 fully saturated rings. The smallest absolute Gasteiger partial charge is 0.356 e. The summed E-state index contributed by atoms with van der Waals surface area (Å²) in [6, 6.07) is 17.2. The van der Waals surface area contributed by atoms with Gasteiger partial charge in [0.05, 0.1) is 46.9 Å². The third-order valence-electron chi connectivity index (χ3n) is 8.52. The van der Waals surface area contributed by atoms with Crippen LogP contribution in [0.5, 0.6) is 0 Å². The number of nitrogens with zero attached hydrogens (tertiary/aromatic N) is 4. The van der Waals surface area contributed by atoms with Crippen LogP contribution in [0.3, 0.4) is 0 Å². The first kappa shape index (κ1) is 29.3. The number of ether oxygens (including phenoxy) is 2. The fourth-order valence-electron chi connectivity index (χ4n) is 6.05. The highest BCUT2D eigenvalue weighted by atomic mass is 32.1. The van der Waals surface area contributed by atoms with Gasteiger partial charge in [0.15, 0.2) is 11.9 Å². The van der Waals surface area contributed by atoms with Gasteiger partial charge in [0.2, 0.25) is 0 Å². The van der Waals surface area contributed by atoms with E-state index in [1.54, 1.807) is 27.6 Å². The van der Waals surface area contributed by atoms with Crippen molar-refractivity contribution in [1.82, 2.24) is 25.1 Å².